The molecular formula is C15H20O4. The molecule has 0 bridgehead atoms. The molecule has 1 aromatic carbocycles. The zero-order valence-corrected chi connectivity index (χ0v) is 11.2. The van der Waals surface area contributed by atoms with Crippen molar-refractivity contribution in [2.24, 2.45) is 0 Å². The Morgan fingerprint density at radius 3 is 2.79 bits per heavy atom. The summed E-state index contributed by atoms with van der Waals surface area (Å²) in [6.07, 6.45) is 3.75. The number of hydrogen-bond acceptors (Lipinski definition) is 4. The summed E-state index contributed by atoms with van der Waals surface area (Å²) in [5.74, 6) is 1.41. The van der Waals surface area contributed by atoms with E-state index in [2.05, 4.69) is 0 Å². The van der Waals surface area contributed by atoms with Crippen molar-refractivity contribution >= 4 is 0 Å². The van der Waals surface area contributed by atoms with E-state index in [1.807, 2.05) is 18.2 Å². The summed E-state index contributed by atoms with van der Waals surface area (Å²) in [6, 6.07) is 5.68. The Hall–Kier alpha value is -1.26. The number of methoxy groups -OCH3 is 1. The molecule has 1 aliphatic carbocycles. The molecule has 0 amide bonds. The minimum absolute atomic E-state index is 0.0757. The van der Waals surface area contributed by atoms with Crippen LogP contribution in [-0.4, -0.2) is 31.5 Å². The minimum atomic E-state index is -0.645. The lowest BCUT2D eigenvalue weighted by molar-refractivity contribution is 0.00629. The fourth-order valence-electron chi connectivity index (χ4n) is 2.45. The van der Waals surface area contributed by atoms with Crippen LogP contribution in [0.1, 0.15) is 31.2 Å². The molecule has 1 atom stereocenters. The van der Waals surface area contributed by atoms with E-state index in [1.165, 1.54) is 0 Å². The Morgan fingerprint density at radius 1 is 1.32 bits per heavy atom. The fraction of sp³-hybridized carbons (Fsp3) is 0.600. The van der Waals surface area contributed by atoms with Gasteiger partial charge in [0.15, 0.2) is 11.5 Å². The summed E-state index contributed by atoms with van der Waals surface area (Å²) in [6.45, 7) is 1.44. The topological polar surface area (TPSA) is 47.9 Å². The molecular weight excluding hydrogens is 244 g/mol. The molecule has 1 N–H and O–H groups in total. The predicted octanol–water partition coefficient (Wildman–Crippen LogP) is 2.23. The minimum Gasteiger partial charge on any atom is -0.493 e. The van der Waals surface area contributed by atoms with Crippen molar-refractivity contribution in [1.29, 1.82) is 0 Å². The van der Waals surface area contributed by atoms with Crippen molar-refractivity contribution in [3.63, 3.8) is 0 Å². The van der Waals surface area contributed by atoms with Gasteiger partial charge in [-0.05, 0) is 43.4 Å². The summed E-state index contributed by atoms with van der Waals surface area (Å²) < 4.78 is 16.7. The number of aliphatic hydroxyl groups is 1. The molecule has 1 saturated heterocycles. The fourth-order valence-corrected chi connectivity index (χ4v) is 2.45. The van der Waals surface area contributed by atoms with Crippen LogP contribution in [0.4, 0.5) is 0 Å². The normalized spacial score (nSPS) is 24.8. The number of hydrogen-bond donors (Lipinski definition) is 1. The van der Waals surface area contributed by atoms with Crippen LogP contribution in [-0.2, 0) is 10.3 Å². The van der Waals surface area contributed by atoms with Gasteiger partial charge in [0.1, 0.15) is 6.10 Å². The first-order valence-electron chi connectivity index (χ1n) is 6.86. The third-order valence-electron chi connectivity index (χ3n) is 3.84. The van der Waals surface area contributed by atoms with Gasteiger partial charge in [0.2, 0.25) is 0 Å². The summed E-state index contributed by atoms with van der Waals surface area (Å²) in [5, 5.41) is 10.2. The Morgan fingerprint density at radius 2 is 2.16 bits per heavy atom. The van der Waals surface area contributed by atoms with Crippen LogP contribution in [0, 0.1) is 0 Å². The summed E-state index contributed by atoms with van der Waals surface area (Å²) in [7, 11) is 1.63. The third-order valence-corrected chi connectivity index (χ3v) is 3.84. The largest absolute Gasteiger partial charge is 0.493 e. The Labute approximate surface area is 113 Å². The number of ether oxygens (including phenoxy) is 3. The molecule has 0 spiro atoms. The molecule has 1 heterocycles. The maximum atomic E-state index is 10.2. The van der Waals surface area contributed by atoms with Gasteiger partial charge in [-0.25, -0.2) is 0 Å². The van der Waals surface area contributed by atoms with Gasteiger partial charge < -0.3 is 19.3 Å². The molecule has 2 fully saturated rings. The zero-order chi connectivity index (χ0) is 13.3. The van der Waals surface area contributed by atoms with Gasteiger partial charge in [0, 0.05) is 6.61 Å². The number of rotatable bonds is 4. The van der Waals surface area contributed by atoms with Crippen molar-refractivity contribution in [1.82, 2.24) is 0 Å². The lowest BCUT2D eigenvalue weighted by Gasteiger charge is -2.24. The quantitative estimate of drug-likeness (QED) is 0.906. The van der Waals surface area contributed by atoms with Crippen LogP contribution >= 0.6 is 0 Å². The van der Waals surface area contributed by atoms with E-state index in [-0.39, 0.29) is 6.10 Å². The second-order valence-electron chi connectivity index (χ2n) is 5.35. The first-order chi connectivity index (χ1) is 9.21. The molecule has 4 heteroatoms. The number of benzene rings is 1. The molecule has 1 unspecified atom stereocenters. The Balaban J connectivity index is 1.80. The van der Waals surface area contributed by atoms with E-state index in [1.54, 1.807) is 7.11 Å². The first-order valence-corrected chi connectivity index (χ1v) is 6.86. The van der Waals surface area contributed by atoms with Crippen LogP contribution in [0.15, 0.2) is 18.2 Å². The van der Waals surface area contributed by atoms with Crippen molar-refractivity contribution in [2.75, 3.05) is 20.3 Å². The smallest absolute Gasteiger partial charge is 0.162 e. The van der Waals surface area contributed by atoms with Crippen LogP contribution in [0.25, 0.3) is 0 Å². The lowest BCUT2D eigenvalue weighted by Crippen LogP contribution is -2.28. The first kappa shape index (κ1) is 12.8. The highest BCUT2D eigenvalue weighted by atomic mass is 16.5. The average Bonchev–Trinajstić information content (AvgIpc) is 3.19. The highest BCUT2D eigenvalue weighted by molar-refractivity contribution is 5.46. The second kappa shape index (κ2) is 5.02. The summed E-state index contributed by atoms with van der Waals surface area (Å²) >= 11 is 0. The molecule has 1 aliphatic heterocycles. The monoisotopic (exact) mass is 264 g/mol. The van der Waals surface area contributed by atoms with Crippen molar-refractivity contribution < 1.29 is 19.3 Å². The third kappa shape index (κ3) is 2.69. The highest BCUT2D eigenvalue weighted by Gasteiger charge is 2.42. The molecule has 0 aromatic heterocycles. The van der Waals surface area contributed by atoms with E-state index in [0.29, 0.717) is 18.1 Å². The Bertz CT molecular complexity index is 447. The van der Waals surface area contributed by atoms with Crippen molar-refractivity contribution in [2.45, 2.75) is 37.4 Å². The molecule has 2 aliphatic rings. The summed E-state index contributed by atoms with van der Waals surface area (Å²) in [5.41, 5.74) is 0.271. The molecule has 0 radical (unpaired) electrons. The van der Waals surface area contributed by atoms with Gasteiger partial charge in [-0.2, -0.15) is 0 Å². The van der Waals surface area contributed by atoms with E-state index >= 15 is 0 Å². The molecule has 4 nitrogen and oxygen atoms in total. The van der Waals surface area contributed by atoms with Gasteiger partial charge in [0.25, 0.3) is 0 Å². The van der Waals surface area contributed by atoms with Gasteiger partial charge in [-0.1, -0.05) is 6.07 Å². The Kier molecular flexibility index (Phi) is 3.37. The maximum Gasteiger partial charge on any atom is 0.162 e. The SMILES string of the molecule is COc1ccc(C2(O)CC2)cc1OC1CCCOC1. The van der Waals surface area contributed by atoms with Crippen molar-refractivity contribution in [3.05, 3.63) is 23.8 Å². The second-order valence-corrected chi connectivity index (χ2v) is 5.35. The average molecular weight is 264 g/mol. The van der Waals surface area contributed by atoms with Gasteiger partial charge in [0.05, 0.1) is 19.3 Å². The zero-order valence-electron chi connectivity index (χ0n) is 11.2. The summed E-state index contributed by atoms with van der Waals surface area (Å²) in [4.78, 5) is 0. The van der Waals surface area contributed by atoms with Crippen molar-refractivity contribution in [3.8, 4) is 11.5 Å². The van der Waals surface area contributed by atoms with E-state index < -0.39 is 5.60 Å². The highest BCUT2D eigenvalue weighted by Crippen LogP contribution is 2.47. The van der Waals surface area contributed by atoms with Gasteiger partial charge in [-0.3, -0.25) is 0 Å². The molecule has 104 valence electrons. The van der Waals surface area contributed by atoms with Gasteiger partial charge >= 0.3 is 0 Å². The van der Waals surface area contributed by atoms with Crippen LogP contribution in [0.2, 0.25) is 0 Å². The van der Waals surface area contributed by atoms with E-state index in [9.17, 15) is 5.11 Å². The van der Waals surface area contributed by atoms with E-state index in [4.69, 9.17) is 14.2 Å². The van der Waals surface area contributed by atoms with Crippen LogP contribution in [0.3, 0.4) is 0 Å². The molecule has 3 rings (SSSR count). The predicted molar refractivity (Wildman–Crippen MR) is 70.6 cm³/mol. The molecule has 19 heavy (non-hydrogen) atoms. The van der Waals surface area contributed by atoms with Crippen LogP contribution in [0.5, 0.6) is 11.5 Å². The maximum absolute atomic E-state index is 10.2. The standard InChI is InChI=1S/C15H20O4/c1-17-13-5-4-11(15(16)6-7-15)9-14(13)19-12-3-2-8-18-10-12/h4-5,9,12,16H,2-3,6-8,10H2,1H3. The van der Waals surface area contributed by atoms with Crippen LogP contribution < -0.4 is 9.47 Å². The lowest BCUT2D eigenvalue weighted by atomic mass is 10.1. The van der Waals surface area contributed by atoms with E-state index in [0.717, 1.165) is 37.9 Å². The van der Waals surface area contributed by atoms with Gasteiger partial charge in [-0.15, -0.1) is 0 Å². The molecule has 1 saturated carbocycles. The molecule has 1 aromatic rings.